The van der Waals surface area contributed by atoms with Crippen LogP contribution in [0, 0.1) is 5.92 Å². The molecular weight excluding hydrogens is 228 g/mol. The lowest BCUT2D eigenvalue weighted by Crippen LogP contribution is -2.62. The van der Waals surface area contributed by atoms with Crippen molar-refractivity contribution in [2.75, 3.05) is 13.1 Å². The largest absolute Gasteiger partial charge is 0.444 e. The maximum Gasteiger partial charge on any atom is 0.208 e. The Morgan fingerprint density at radius 3 is 2.61 bits per heavy atom. The van der Waals surface area contributed by atoms with Gasteiger partial charge in [0.05, 0.1) is 18.3 Å². The fraction of sp³-hybridized carbons (Fsp3) is 0.786. The number of hydrogen-bond acceptors (Lipinski definition) is 4. The highest BCUT2D eigenvalue weighted by Gasteiger charge is 2.51. The van der Waals surface area contributed by atoms with E-state index in [1.807, 2.05) is 6.20 Å². The number of oxazole rings is 1. The van der Waals surface area contributed by atoms with Crippen molar-refractivity contribution in [1.29, 1.82) is 0 Å². The molecule has 100 valence electrons. The number of aliphatic hydroxyl groups is 1. The number of nitrogens with zero attached hydrogens (tertiary/aromatic N) is 2. The molecule has 0 radical (unpaired) electrons. The molecule has 1 saturated carbocycles. The summed E-state index contributed by atoms with van der Waals surface area (Å²) in [6.07, 6.45) is 4.21. The second-order valence-corrected chi connectivity index (χ2v) is 6.89. The minimum Gasteiger partial charge on any atom is -0.444 e. The second-order valence-electron chi connectivity index (χ2n) is 6.89. The highest BCUT2D eigenvalue weighted by molar-refractivity contribution is 5.08. The van der Waals surface area contributed by atoms with Crippen molar-refractivity contribution in [3.63, 3.8) is 0 Å². The zero-order valence-corrected chi connectivity index (χ0v) is 11.4. The molecule has 1 N–H and O–H groups in total. The van der Waals surface area contributed by atoms with Gasteiger partial charge in [0.1, 0.15) is 5.76 Å². The normalized spacial score (nSPS) is 24.0. The molecule has 0 atom stereocenters. The molecule has 0 aromatic carbocycles. The average Bonchev–Trinajstić information content (AvgIpc) is 2.95. The molecule has 1 aliphatic heterocycles. The number of β-amino-alcohol motifs (C(OH)–C–C–N with tert-alkyl or cyclic N) is 1. The van der Waals surface area contributed by atoms with Crippen LogP contribution in [0.15, 0.2) is 10.6 Å². The minimum absolute atomic E-state index is 0.00888. The first-order valence-electron chi connectivity index (χ1n) is 6.77. The molecule has 2 fully saturated rings. The maximum absolute atomic E-state index is 10.2. The van der Waals surface area contributed by atoms with Crippen molar-refractivity contribution in [1.82, 2.24) is 9.88 Å². The van der Waals surface area contributed by atoms with Gasteiger partial charge in [-0.05, 0) is 18.8 Å². The third-order valence-corrected chi connectivity index (χ3v) is 3.98. The fourth-order valence-electron chi connectivity index (χ4n) is 2.64. The van der Waals surface area contributed by atoms with Gasteiger partial charge in [-0.3, -0.25) is 4.90 Å². The molecule has 1 saturated heterocycles. The molecule has 2 heterocycles. The standard InChI is InChI=1S/C14H22N2O2/c1-13(2,3)11-6-15-12(18-11)7-16-8-14(17,9-16)10-4-5-10/h6,10,17H,4-5,7-9H2,1-3H3. The van der Waals surface area contributed by atoms with Gasteiger partial charge in [-0.15, -0.1) is 0 Å². The molecule has 0 spiro atoms. The lowest BCUT2D eigenvalue weighted by Gasteiger charge is -2.46. The van der Waals surface area contributed by atoms with E-state index < -0.39 is 5.60 Å². The first kappa shape index (κ1) is 12.2. The zero-order chi connectivity index (χ0) is 13.0. The van der Waals surface area contributed by atoms with Crippen LogP contribution in [0.3, 0.4) is 0 Å². The van der Waals surface area contributed by atoms with Crippen molar-refractivity contribution in [3.05, 3.63) is 17.8 Å². The summed E-state index contributed by atoms with van der Waals surface area (Å²) in [7, 11) is 0. The van der Waals surface area contributed by atoms with Crippen LogP contribution in [0.4, 0.5) is 0 Å². The Hall–Kier alpha value is -0.870. The average molecular weight is 250 g/mol. The summed E-state index contributed by atoms with van der Waals surface area (Å²) in [5, 5.41) is 10.2. The summed E-state index contributed by atoms with van der Waals surface area (Å²) in [5.41, 5.74) is -0.408. The van der Waals surface area contributed by atoms with Crippen molar-refractivity contribution in [3.8, 4) is 0 Å². The van der Waals surface area contributed by atoms with Crippen molar-refractivity contribution in [2.24, 2.45) is 5.92 Å². The molecule has 0 unspecified atom stereocenters. The van der Waals surface area contributed by atoms with E-state index in [2.05, 4.69) is 30.7 Å². The Balaban J connectivity index is 1.57. The Morgan fingerprint density at radius 1 is 1.44 bits per heavy atom. The molecule has 1 aliphatic carbocycles. The fourth-order valence-corrected chi connectivity index (χ4v) is 2.64. The molecule has 1 aromatic rings. The van der Waals surface area contributed by atoms with E-state index in [-0.39, 0.29) is 5.41 Å². The van der Waals surface area contributed by atoms with Crippen LogP contribution < -0.4 is 0 Å². The summed E-state index contributed by atoms with van der Waals surface area (Å²) < 4.78 is 5.76. The van der Waals surface area contributed by atoms with Crippen LogP contribution in [0.25, 0.3) is 0 Å². The third-order valence-electron chi connectivity index (χ3n) is 3.98. The highest BCUT2D eigenvalue weighted by atomic mass is 16.4. The van der Waals surface area contributed by atoms with Crippen LogP contribution >= 0.6 is 0 Å². The monoisotopic (exact) mass is 250 g/mol. The van der Waals surface area contributed by atoms with Gasteiger partial charge >= 0.3 is 0 Å². The van der Waals surface area contributed by atoms with Gasteiger partial charge in [-0.25, -0.2) is 4.98 Å². The van der Waals surface area contributed by atoms with Gasteiger partial charge in [0.2, 0.25) is 5.89 Å². The first-order valence-corrected chi connectivity index (χ1v) is 6.77. The Kier molecular flexibility index (Phi) is 2.58. The van der Waals surface area contributed by atoms with E-state index in [1.54, 1.807) is 0 Å². The van der Waals surface area contributed by atoms with Gasteiger partial charge in [-0.1, -0.05) is 20.8 Å². The van der Waals surface area contributed by atoms with Crippen LogP contribution in [0.2, 0.25) is 0 Å². The van der Waals surface area contributed by atoms with E-state index in [9.17, 15) is 5.11 Å². The molecule has 2 aliphatic rings. The molecule has 1 aromatic heterocycles. The molecule has 4 heteroatoms. The summed E-state index contributed by atoms with van der Waals surface area (Å²) in [5.74, 6) is 2.23. The van der Waals surface area contributed by atoms with Gasteiger partial charge in [0.15, 0.2) is 0 Å². The van der Waals surface area contributed by atoms with E-state index in [0.717, 1.165) is 24.7 Å². The number of aromatic nitrogens is 1. The molecule has 4 nitrogen and oxygen atoms in total. The van der Waals surface area contributed by atoms with E-state index in [0.29, 0.717) is 12.5 Å². The predicted molar refractivity (Wildman–Crippen MR) is 68.2 cm³/mol. The van der Waals surface area contributed by atoms with Gasteiger partial charge < -0.3 is 9.52 Å². The summed E-state index contributed by atoms with van der Waals surface area (Å²) >= 11 is 0. The number of likely N-dealkylation sites (tertiary alicyclic amines) is 1. The summed E-state index contributed by atoms with van der Waals surface area (Å²) in [6.45, 7) is 8.60. The van der Waals surface area contributed by atoms with Gasteiger partial charge in [-0.2, -0.15) is 0 Å². The molecular formula is C14H22N2O2. The van der Waals surface area contributed by atoms with E-state index >= 15 is 0 Å². The lowest BCUT2D eigenvalue weighted by molar-refractivity contribution is -0.118. The highest BCUT2D eigenvalue weighted by Crippen LogP contribution is 2.44. The topological polar surface area (TPSA) is 49.5 Å². The van der Waals surface area contributed by atoms with Crippen LogP contribution in [0.1, 0.15) is 45.3 Å². The van der Waals surface area contributed by atoms with Gasteiger partial charge in [0, 0.05) is 18.5 Å². The zero-order valence-electron chi connectivity index (χ0n) is 11.4. The summed E-state index contributed by atoms with van der Waals surface area (Å²) in [4.78, 5) is 6.53. The molecule has 18 heavy (non-hydrogen) atoms. The van der Waals surface area contributed by atoms with Crippen molar-refractivity contribution in [2.45, 2.75) is 51.2 Å². The number of hydrogen-bond donors (Lipinski definition) is 1. The maximum atomic E-state index is 10.2. The number of rotatable bonds is 3. The third kappa shape index (κ3) is 2.19. The quantitative estimate of drug-likeness (QED) is 0.890. The summed E-state index contributed by atoms with van der Waals surface area (Å²) in [6, 6.07) is 0. The molecule has 3 rings (SSSR count). The molecule has 0 amide bonds. The lowest BCUT2D eigenvalue weighted by atomic mass is 9.89. The van der Waals surface area contributed by atoms with Crippen molar-refractivity contribution < 1.29 is 9.52 Å². The van der Waals surface area contributed by atoms with Crippen molar-refractivity contribution >= 4 is 0 Å². The Bertz CT molecular complexity index is 437. The first-order chi connectivity index (χ1) is 8.37. The Morgan fingerprint density at radius 2 is 2.11 bits per heavy atom. The van der Waals surface area contributed by atoms with E-state index in [4.69, 9.17) is 4.42 Å². The second kappa shape index (κ2) is 3.81. The van der Waals surface area contributed by atoms with Crippen LogP contribution in [-0.4, -0.2) is 33.7 Å². The minimum atomic E-state index is -0.417. The Labute approximate surface area is 108 Å². The molecule has 0 bridgehead atoms. The SMILES string of the molecule is CC(C)(C)c1cnc(CN2CC(O)(C3CC3)C2)o1. The smallest absolute Gasteiger partial charge is 0.208 e. The van der Waals surface area contributed by atoms with Crippen LogP contribution in [-0.2, 0) is 12.0 Å². The van der Waals surface area contributed by atoms with Crippen LogP contribution in [0.5, 0.6) is 0 Å². The van der Waals surface area contributed by atoms with Gasteiger partial charge in [0.25, 0.3) is 0 Å². The van der Waals surface area contributed by atoms with E-state index in [1.165, 1.54) is 12.8 Å². The predicted octanol–water partition coefficient (Wildman–Crippen LogP) is 1.93.